The molecule has 0 unspecified atom stereocenters. The van der Waals surface area contributed by atoms with Crippen molar-refractivity contribution in [1.29, 1.82) is 0 Å². The third kappa shape index (κ3) is 3.71. The number of nitrogens with zero attached hydrogens (tertiary/aromatic N) is 3. The van der Waals surface area contributed by atoms with Gasteiger partial charge in [0.25, 0.3) is 0 Å². The first kappa shape index (κ1) is 13.9. The number of carbonyl (C=O) groups excluding carboxylic acids is 1. The largest absolute Gasteiger partial charge is 0.435 e. The van der Waals surface area contributed by atoms with Gasteiger partial charge in [0.1, 0.15) is 6.54 Å². The van der Waals surface area contributed by atoms with Gasteiger partial charge in [0.2, 0.25) is 5.91 Å². The van der Waals surface area contributed by atoms with Crippen LogP contribution in [0.25, 0.3) is 0 Å². The van der Waals surface area contributed by atoms with Gasteiger partial charge >= 0.3 is 6.18 Å². The zero-order valence-electron chi connectivity index (χ0n) is 10.5. The zero-order chi connectivity index (χ0) is 13.9. The maximum atomic E-state index is 12.4. The first-order chi connectivity index (χ1) is 8.97. The summed E-state index contributed by atoms with van der Waals surface area (Å²) in [4.78, 5) is 13.7. The molecule has 0 radical (unpaired) electrons. The van der Waals surface area contributed by atoms with Crippen LogP contribution >= 0.6 is 0 Å². The molecular formula is C12H16F3N3O. The van der Waals surface area contributed by atoms with Crippen molar-refractivity contribution in [2.75, 3.05) is 13.1 Å². The normalized spacial score (nSPS) is 17.3. The summed E-state index contributed by atoms with van der Waals surface area (Å²) in [6.45, 7) is 1.24. The molecular weight excluding hydrogens is 259 g/mol. The van der Waals surface area contributed by atoms with Gasteiger partial charge in [-0.1, -0.05) is 12.8 Å². The van der Waals surface area contributed by atoms with E-state index in [-0.39, 0.29) is 12.5 Å². The lowest BCUT2D eigenvalue weighted by Crippen LogP contribution is -2.34. The Morgan fingerprint density at radius 1 is 1.21 bits per heavy atom. The summed E-state index contributed by atoms with van der Waals surface area (Å²) in [5.74, 6) is -0.168. The highest BCUT2D eigenvalue weighted by atomic mass is 19.4. The van der Waals surface area contributed by atoms with Crippen LogP contribution in [0.3, 0.4) is 0 Å². The smallest absolute Gasteiger partial charge is 0.341 e. The van der Waals surface area contributed by atoms with Gasteiger partial charge in [-0.3, -0.25) is 9.48 Å². The Hall–Kier alpha value is -1.53. The molecule has 1 aromatic heterocycles. The molecule has 1 aliphatic rings. The molecule has 0 spiro atoms. The summed E-state index contributed by atoms with van der Waals surface area (Å²) in [6.07, 6.45) is 0.848. The van der Waals surface area contributed by atoms with E-state index in [2.05, 4.69) is 5.10 Å². The molecule has 0 bridgehead atoms. The molecule has 1 saturated heterocycles. The predicted octanol–water partition coefficient (Wildman–Crippen LogP) is 2.30. The Morgan fingerprint density at radius 3 is 2.37 bits per heavy atom. The maximum absolute atomic E-state index is 12.4. The molecule has 1 aromatic rings. The molecule has 0 N–H and O–H groups in total. The Balaban J connectivity index is 1.96. The van der Waals surface area contributed by atoms with E-state index >= 15 is 0 Å². The monoisotopic (exact) mass is 275 g/mol. The fraction of sp³-hybridized carbons (Fsp3) is 0.667. The lowest BCUT2D eigenvalue weighted by atomic mass is 10.2. The minimum atomic E-state index is -4.46. The van der Waals surface area contributed by atoms with Crippen molar-refractivity contribution in [1.82, 2.24) is 14.7 Å². The van der Waals surface area contributed by atoms with Gasteiger partial charge < -0.3 is 4.90 Å². The van der Waals surface area contributed by atoms with E-state index in [1.807, 2.05) is 0 Å². The molecule has 0 aliphatic carbocycles. The Kier molecular flexibility index (Phi) is 4.11. The summed E-state index contributed by atoms with van der Waals surface area (Å²) in [5, 5.41) is 3.38. The Labute approximate surface area is 109 Å². The van der Waals surface area contributed by atoms with Gasteiger partial charge in [-0.05, 0) is 18.9 Å². The number of likely N-dealkylation sites (tertiary alicyclic amines) is 1. The fourth-order valence-electron chi connectivity index (χ4n) is 2.16. The number of carbonyl (C=O) groups is 1. The predicted molar refractivity (Wildman–Crippen MR) is 62.3 cm³/mol. The number of alkyl halides is 3. The van der Waals surface area contributed by atoms with Gasteiger partial charge in [0, 0.05) is 19.3 Å². The Bertz CT molecular complexity index is 434. The van der Waals surface area contributed by atoms with Crippen molar-refractivity contribution >= 4 is 5.91 Å². The topological polar surface area (TPSA) is 38.1 Å². The van der Waals surface area contributed by atoms with Crippen molar-refractivity contribution in [3.05, 3.63) is 18.0 Å². The standard InChI is InChI=1S/C12H16F3N3O/c13-12(14,15)10-5-8-18(16-10)9-11(19)17-6-3-1-2-4-7-17/h5,8H,1-4,6-7,9H2. The number of rotatable bonds is 2. The van der Waals surface area contributed by atoms with Gasteiger partial charge in [0.05, 0.1) is 0 Å². The SMILES string of the molecule is O=C(Cn1ccc(C(F)(F)F)n1)N1CCCCCC1. The van der Waals surface area contributed by atoms with Crippen LogP contribution in [0.15, 0.2) is 12.3 Å². The third-order valence-corrected chi connectivity index (χ3v) is 3.19. The van der Waals surface area contributed by atoms with E-state index in [1.165, 1.54) is 6.20 Å². The van der Waals surface area contributed by atoms with Crippen LogP contribution in [-0.4, -0.2) is 33.7 Å². The van der Waals surface area contributed by atoms with Crippen LogP contribution in [0, 0.1) is 0 Å². The molecule has 0 aromatic carbocycles. The van der Waals surface area contributed by atoms with Crippen LogP contribution in [-0.2, 0) is 17.5 Å². The molecule has 4 nitrogen and oxygen atoms in total. The lowest BCUT2D eigenvalue weighted by molar-refractivity contribution is -0.142. The van der Waals surface area contributed by atoms with Gasteiger partial charge in [-0.25, -0.2) is 0 Å². The molecule has 1 amide bonds. The molecule has 2 heterocycles. The number of hydrogen-bond acceptors (Lipinski definition) is 2. The quantitative estimate of drug-likeness (QED) is 0.830. The summed E-state index contributed by atoms with van der Waals surface area (Å²) in [7, 11) is 0. The van der Waals surface area contributed by atoms with Crippen molar-refractivity contribution in [2.24, 2.45) is 0 Å². The number of amides is 1. The summed E-state index contributed by atoms with van der Waals surface area (Å²) >= 11 is 0. The van der Waals surface area contributed by atoms with Gasteiger partial charge in [-0.2, -0.15) is 18.3 Å². The van der Waals surface area contributed by atoms with Crippen LogP contribution in [0.5, 0.6) is 0 Å². The summed E-state index contributed by atoms with van der Waals surface area (Å²) < 4.78 is 38.2. The van der Waals surface area contributed by atoms with E-state index in [0.29, 0.717) is 13.1 Å². The lowest BCUT2D eigenvalue weighted by Gasteiger charge is -2.20. The van der Waals surface area contributed by atoms with Crippen LogP contribution < -0.4 is 0 Å². The van der Waals surface area contributed by atoms with Crippen LogP contribution in [0.2, 0.25) is 0 Å². The highest BCUT2D eigenvalue weighted by Crippen LogP contribution is 2.27. The van der Waals surface area contributed by atoms with Crippen LogP contribution in [0.4, 0.5) is 13.2 Å². The average molecular weight is 275 g/mol. The molecule has 19 heavy (non-hydrogen) atoms. The van der Waals surface area contributed by atoms with Crippen LogP contribution in [0.1, 0.15) is 31.4 Å². The second kappa shape index (κ2) is 5.63. The molecule has 106 valence electrons. The minimum absolute atomic E-state index is 0.129. The minimum Gasteiger partial charge on any atom is -0.341 e. The number of hydrogen-bond donors (Lipinski definition) is 0. The van der Waals surface area contributed by atoms with Gasteiger partial charge in [-0.15, -0.1) is 0 Å². The first-order valence-electron chi connectivity index (χ1n) is 6.35. The maximum Gasteiger partial charge on any atom is 0.435 e. The molecule has 0 atom stereocenters. The van der Waals surface area contributed by atoms with Crippen molar-refractivity contribution in [3.63, 3.8) is 0 Å². The summed E-state index contributed by atoms with van der Waals surface area (Å²) in [6, 6.07) is 0.885. The molecule has 2 rings (SSSR count). The second-order valence-corrected chi connectivity index (χ2v) is 4.69. The highest BCUT2D eigenvalue weighted by Gasteiger charge is 2.33. The van der Waals surface area contributed by atoms with Gasteiger partial charge in [0.15, 0.2) is 5.69 Å². The fourth-order valence-corrected chi connectivity index (χ4v) is 2.16. The second-order valence-electron chi connectivity index (χ2n) is 4.69. The first-order valence-corrected chi connectivity index (χ1v) is 6.35. The highest BCUT2D eigenvalue weighted by molar-refractivity contribution is 5.75. The van der Waals surface area contributed by atoms with Crippen molar-refractivity contribution in [3.8, 4) is 0 Å². The van der Waals surface area contributed by atoms with E-state index in [9.17, 15) is 18.0 Å². The molecule has 7 heteroatoms. The summed E-state index contributed by atoms with van der Waals surface area (Å²) in [5.41, 5.74) is -0.962. The Morgan fingerprint density at radius 2 is 1.84 bits per heavy atom. The van der Waals surface area contributed by atoms with E-state index in [0.717, 1.165) is 36.4 Å². The zero-order valence-corrected chi connectivity index (χ0v) is 10.5. The van der Waals surface area contributed by atoms with Crippen molar-refractivity contribution < 1.29 is 18.0 Å². The van der Waals surface area contributed by atoms with E-state index in [1.54, 1.807) is 4.90 Å². The molecule has 1 fully saturated rings. The van der Waals surface area contributed by atoms with E-state index < -0.39 is 11.9 Å². The molecule has 1 aliphatic heterocycles. The average Bonchev–Trinajstić information content (AvgIpc) is 2.63. The number of halogens is 3. The molecule has 0 saturated carbocycles. The number of aromatic nitrogens is 2. The third-order valence-electron chi connectivity index (χ3n) is 3.19. The van der Waals surface area contributed by atoms with Crippen molar-refractivity contribution in [2.45, 2.75) is 38.4 Å². The van der Waals surface area contributed by atoms with E-state index in [4.69, 9.17) is 0 Å².